The van der Waals surface area contributed by atoms with Gasteiger partial charge in [-0.05, 0) is 38.9 Å². The van der Waals surface area contributed by atoms with Gasteiger partial charge in [-0.1, -0.05) is 6.07 Å². The van der Waals surface area contributed by atoms with Gasteiger partial charge in [0.2, 0.25) is 0 Å². The number of benzene rings is 1. The van der Waals surface area contributed by atoms with E-state index < -0.39 is 16.4 Å². The average molecular weight is 282 g/mol. The van der Waals surface area contributed by atoms with Crippen LogP contribution in [-0.4, -0.2) is 35.2 Å². The second-order valence-electron chi connectivity index (χ2n) is 4.86. The molecular weight excluding hydrogens is 264 g/mol. The minimum absolute atomic E-state index is 0.100. The first-order chi connectivity index (χ1) is 9.21. The Bertz CT molecular complexity index is 544. The molecule has 0 amide bonds. The van der Waals surface area contributed by atoms with Crippen molar-refractivity contribution < 1.29 is 19.6 Å². The summed E-state index contributed by atoms with van der Waals surface area (Å²) in [5.41, 5.74) is -0.131. The third-order valence-electron chi connectivity index (χ3n) is 3.13. The molecule has 1 unspecified atom stereocenters. The molecule has 0 bridgehead atoms. The Hall–Kier alpha value is -2.15. The lowest BCUT2D eigenvalue weighted by atomic mass is 10.0. The molecule has 0 fully saturated rings. The number of aryl methyl sites for hydroxylation is 2. The second-order valence-corrected chi connectivity index (χ2v) is 4.86. The number of hydrogen-bond donors (Lipinski definition) is 2. The number of carboxylic acid groups (broad SMARTS) is 1. The molecule has 20 heavy (non-hydrogen) atoms. The van der Waals surface area contributed by atoms with Gasteiger partial charge in [0.25, 0.3) is 0 Å². The smallest absolute Gasteiger partial charge is 0.327 e. The zero-order valence-corrected chi connectivity index (χ0v) is 11.9. The van der Waals surface area contributed by atoms with Crippen molar-refractivity contribution in [2.75, 3.05) is 13.7 Å². The largest absolute Gasteiger partial charge is 0.484 e. The van der Waals surface area contributed by atoms with Crippen LogP contribution >= 0.6 is 0 Å². The first-order valence-corrected chi connectivity index (χ1v) is 6.02. The topological polar surface area (TPSA) is 102 Å². The molecule has 2 N–H and O–H groups in total. The molecule has 0 spiro atoms. The van der Waals surface area contributed by atoms with E-state index >= 15 is 0 Å². The average Bonchev–Trinajstić information content (AvgIpc) is 2.36. The number of likely N-dealkylation sites (N-methyl/N-ethyl adjacent to an activating group) is 1. The highest BCUT2D eigenvalue weighted by atomic mass is 16.6. The molecule has 7 heteroatoms. The van der Waals surface area contributed by atoms with Gasteiger partial charge in [0.1, 0.15) is 12.1 Å². The van der Waals surface area contributed by atoms with Gasteiger partial charge >= 0.3 is 11.7 Å². The number of aliphatic carboxylic acids is 1. The van der Waals surface area contributed by atoms with Crippen molar-refractivity contribution in [3.05, 3.63) is 33.4 Å². The van der Waals surface area contributed by atoms with Crippen molar-refractivity contribution in [2.24, 2.45) is 0 Å². The molecule has 1 rings (SSSR count). The number of nitro groups is 1. The summed E-state index contributed by atoms with van der Waals surface area (Å²) in [4.78, 5) is 21.7. The van der Waals surface area contributed by atoms with E-state index in [0.717, 1.165) is 5.56 Å². The number of nitrogens with zero attached hydrogens (tertiary/aromatic N) is 1. The molecule has 0 aliphatic carbocycles. The summed E-state index contributed by atoms with van der Waals surface area (Å²) in [5, 5.41) is 22.8. The van der Waals surface area contributed by atoms with E-state index in [9.17, 15) is 14.9 Å². The fourth-order valence-corrected chi connectivity index (χ4v) is 1.71. The van der Waals surface area contributed by atoms with Gasteiger partial charge in [0.15, 0.2) is 5.75 Å². The van der Waals surface area contributed by atoms with Crippen molar-refractivity contribution in [3.8, 4) is 5.75 Å². The zero-order chi connectivity index (χ0) is 15.5. The highest BCUT2D eigenvalue weighted by Gasteiger charge is 2.33. The summed E-state index contributed by atoms with van der Waals surface area (Å²) < 4.78 is 5.42. The van der Waals surface area contributed by atoms with E-state index in [1.54, 1.807) is 19.9 Å². The van der Waals surface area contributed by atoms with E-state index in [-0.39, 0.29) is 18.0 Å². The van der Waals surface area contributed by atoms with Crippen molar-refractivity contribution in [1.82, 2.24) is 5.32 Å². The first kappa shape index (κ1) is 15.9. The molecule has 7 nitrogen and oxygen atoms in total. The lowest BCUT2D eigenvalue weighted by Crippen LogP contribution is -2.52. The molecular formula is C13H18N2O5. The number of hydrogen-bond acceptors (Lipinski definition) is 5. The summed E-state index contributed by atoms with van der Waals surface area (Å²) in [6.45, 7) is 4.67. The quantitative estimate of drug-likeness (QED) is 0.607. The van der Waals surface area contributed by atoms with E-state index in [1.165, 1.54) is 20.0 Å². The molecule has 0 saturated carbocycles. The van der Waals surface area contributed by atoms with Crippen LogP contribution in [0.1, 0.15) is 18.1 Å². The molecule has 0 aromatic heterocycles. The van der Waals surface area contributed by atoms with Crippen molar-refractivity contribution >= 4 is 11.7 Å². The molecule has 0 aliphatic heterocycles. The lowest BCUT2D eigenvalue weighted by Gasteiger charge is -2.24. The van der Waals surface area contributed by atoms with Crippen LogP contribution in [0.2, 0.25) is 0 Å². The van der Waals surface area contributed by atoms with Crippen molar-refractivity contribution in [2.45, 2.75) is 26.3 Å². The molecule has 0 saturated heterocycles. The maximum Gasteiger partial charge on any atom is 0.327 e. The van der Waals surface area contributed by atoms with Gasteiger partial charge in [-0.2, -0.15) is 0 Å². The standard InChI is InChI=1S/C13H18N2O5/c1-8-5-9(2)11(10(6-8)15(18)19)20-7-13(3,14-4)12(16)17/h5-6,14H,7H2,1-4H3,(H,16,17). The molecule has 1 aromatic carbocycles. The van der Waals surface area contributed by atoms with Crippen LogP contribution in [0.4, 0.5) is 5.69 Å². The monoisotopic (exact) mass is 282 g/mol. The lowest BCUT2D eigenvalue weighted by molar-refractivity contribution is -0.386. The number of nitrogens with one attached hydrogen (secondary N) is 1. The summed E-state index contributed by atoms with van der Waals surface area (Å²) in [5.74, 6) is -0.990. The minimum atomic E-state index is -1.31. The minimum Gasteiger partial charge on any atom is -0.484 e. The first-order valence-electron chi connectivity index (χ1n) is 6.02. The predicted molar refractivity (Wildman–Crippen MR) is 73.2 cm³/mol. The Morgan fingerprint density at radius 3 is 2.55 bits per heavy atom. The van der Waals surface area contributed by atoms with E-state index in [2.05, 4.69) is 5.32 Å². The predicted octanol–water partition coefficient (Wildman–Crippen LogP) is 1.65. The van der Waals surface area contributed by atoms with Gasteiger partial charge in [-0.15, -0.1) is 0 Å². The third kappa shape index (κ3) is 3.24. The maximum atomic E-state index is 11.2. The highest BCUT2D eigenvalue weighted by molar-refractivity contribution is 5.78. The van der Waals surface area contributed by atoms with Gasteiger partial charge in [0.05, 0.1) is 4.92 Å². The number of ether oxygens (including phenoxy) is 1. The summed E-state index contributed by atoms with van der Waals surface area (Å²) in [6.07, 6.45) is 0. The van der Waals surface area contributed by atoms with Crippen molar-refractivity contribution in [1.29, 1.82) is 0 Å². The zero-order valence-electron chi connectivity index (χ0n) is 11.9. The number of nitro benzene ring substituents is 1. The molecule has 110 valence electrons. The molecule has 0 radical (unpaired) electrons. The van der Waals surface area contributed by atoms with Crippen LogP contribution in [0.15, 0.2) is 12.1 Å². The Kier molecular flexibility index (Phi) is 4.67. The molecule has 1 aromatic rings. The van der Waals surface area contributed by atoms with Gasteiger partial charge in [0, 0.05) is 6.07 Å². The van der Waals surface area contributed by atoms with Gasteiger partial charge < -0.3 is 15.2 Å². The Morgan fingerprint density at radius 1 is 1.50 bits per heavy atom. The van der Waals surface area contributed by atoms with E-state index in [4.69, 9.17) is 9.84 Å². The Balaban J connectivity index is 3.10. The number of carbonyl (C=O) groups is 1. The molecule has 0 aliphatic rings. The molecule has 0 heterocycles. The Labute approximate surface area is 116 Å². The van der Waals surface area contributed by atoms with Crippen LogP contribution in [-0.2, 0) is 4.79 Å². The second kappa shape index (κ2) is 5.87. The fraction of sp³-hybridized carbons (Fsp3) is 0.462. The number of carboxylic acids is 1. The van der Waals surface area contributed by atoms with E-state index in [0.29, 0.717) is 5.56 Å². The van der Waals surface area contributed by atoms with Crippen LogP contribution in [0.3, 0.4) is 0 Å². The van der Waals surface area contributed by atoms with Crippen LogP contribution in [0.25, 0.3) is 0 Å². The summed E-state index contributed by atoms with van der Waals surface area (Å²) in [6, 6.07) is 3.15. The fourth-order valence-electron chi connectivity index (χ4n) is 1.71. The Morgan fingerprint density at radius 2 is 2.10 bits per heavy atom. The van der Waals surface area contributed by atoms with Gasteiger partial charge in [-0.3, -0.25) is 14.9 Å². The van der Waals surface area contributed by atoms with Crippen molar-refractivity contribution in [3.63, 3.8) is 0 Å². The van der Waals surface area contributed by atoms with Crippen LogP contribution < -0.4 is 10.1 Å². The van der Waals surface area contributed by atoms with Crippen LogP contribution in [0, 0.1) is 24.0 Å². The summed E-state index contributed by atoms with van der Waals surface area (Å²) >= 11 is 0. The maximum absolute atomic E-state index is 11.2. The normalized spacial score (nSPS) is 13.6. The summed E-state index contributed by atoms with van der Waals surface area (Å²) in [7, 11) is 1.49. The highest BCUT2D eigenvalue weighted by Crippen LogP contribution is 2.32. The number of rotatable bonds is 6. The third-order valence-corrected chi connectivity index (χ3v) is 3.13. The molecule has 1 atom stereocenters. The SMILES string of the molecule is CNC(C)(COc1c(C)cc(C)cc1[N+](=O)[O-])C(=O)O. The van der Waals surface area contributed by atoms with E-state index in [1.807, 2.05) is 0 Å². The van der Waals surface area contributed by atoms with Gasteiger partial charge in [-0.25, -0.2) is 0 Å². The van der Waals surface area contributed by atoms with Crippen LogP contribution in [0.5, 0.6) is 5.75 Å².